The summed E-state index contributed by atoms with van der Waals surface area (Å²) in [7, 11) is 0. The smallest absolute Gasteiger partial charge is 0.273 e. The Labute approximate surface area is 107 Å². The highest BCUT2D eigenvalue weighted by atomic mass is 79.9. The average molecular weight is 301 g/mol. The minimum Gasteiger partial charge on any atom is -0.351 e. The zero-order valence-electron chi connectivity index (χ0n) is 9.57. The molecule has 1 amide bonds. The lowest BCUT2D eigenvalue weighted by Gasteiger charge is -2.08. The van der Waals surface area contributed by atoms with Gasteiger partial charge >= 0.3 is 0 Å². The van der Waals surface area contributed by atoms with Gasteiger partial charge in [-0.3, -0.25) is 14.9 Å². The van der Waals surface area contributed by atoms with E-state index in [0.29, 0.717) is 17.7 Å². The Morgan fingerprint density at radius 2 is 2.24 bits per heavy atom. The SMILES string of the molecule is Cc1c(C(=O)NCC(C)Br)cccc1[N+](=O)[O-]. The van der Waals surface area contributed by atoms with Crippen molar-refractivity contribution in [3.63, 3.8) is 0 Å². The summed E-state index contributed by atoms with van der Waals surface area (Å²) in [5.41, 5.74) is 0.689. The summed E-state index contributed by atoms with van der Waals surface area (Å²) >= 11 is 3.31. The third-order valence-corrected chi connectivity index (χ3v) is 2.61. The van der Waals surface area contributed by atoms with Crippen LogP contribution < -0.4 is 5.32 Å². The van der Waals surface area contributed by atoms with Crippen molar-refractivity contribution < 1.29 is 9.72 Å². The van der Waals surface area contributed by atoms with Gasteiger partial charge in [0.25, 0.3) is 11.6 Å². The third kappa shape index (κ3) is 3.52. The summed E-state index contributed by atoms with van der Waals surface area (Å²) in [6, 6.07) is 4.48. The average Bonchev–Trinajstić information content (AvgIpc) is 2.25. The van der Waals surface area contributed by atoms with E-state index >= 15 is 0 Å². The van der Waals surface area contributed by atoms with Gasteiger partial charge in [-0.25, -0.2) is 0 Å². The van der Waals surface area contributed by atoms with Gasteiger partial charge in [0.2, 0.25) is 0 Å². The second kappa shape index (κ2) is 5.77. The van der Waals surface area contributed by atoms with Crippen LogP contribution in [0.2, 0.25) is 0 Å². The monoisotopic (exact) mass is 300 g/mol. The lowest BCUT2D eigenvalue weighted by Crippen LogP contribution is -2.29. The molecule has 5 nitrogen and oxygen atoms in total. The highest BCUT2D eigenvalue weighted by Crippen LogP contribution is 2.20. The van der Waals surface area contributed by atoms with Crippen molar-refractivity contribution in [1.29, 1.82) is 0 Å². The molecule has 92 valence electrons. The van der Waals surface area contributed by atoms with Crippen LogP contribution in [0, 0.1) is 17.0 Å². The molecular weight excluding hydrogens is 288 g/mol. The Hall–Kier alpha value is -1.43. The molecule has 0 spiro atoms. The van der Waals surface area contributed by atoms with Crippen LogP contribution in [0.1, 0.15) is 22.8 Å². The molecule has 0 fully saturated rings. The maximum absolute atomic E-state index is 11.8. The Morgan fingerprint density at radius 3 is 2.76 bits per heavy atom. The number of alkyl halides is 1. The van der Waals surface area contributed by atoms with Crippen molar-refractivity contribution in [1.82, 2.24) is 5.32 Å². The molecule has 1 aromatic rings. The predicted molar refractivity (Wildman–Crippen MR) is 68.6 cm³/mol. The molecule has 0 aliphatic rings. The van der Waals surface area contributed by atoms with E-state index in [1.807, 2.05) is 6.92 Å². The fourth-order valence-corrected chi connectivity index (χ4v) is 1.56. The van der Waals surface area contributed by atoms with Crippen molar-refractivity contribution in [3.8, 4) is 0 Å². The van der Waals surface area contributed by atoms with Gasteiger partial charge in [0.1, 0.15) is 0 Å². The number of hydrogen-bond donors (Lipinski definition) is 1. The molecule has 0 aromatic heterocycles. The molecule has 0 aliphatic heterocycles. The fourth-order valence-electron chi connectivity index (χ4n) is 1.40. The van der Waals surface area contributed by atoms with E-state index in [4.69, 9.17) is 0 Å². The number of hydrogen-bond acceptors (Lipinski definition) is 3. The van der Waals surface area contributed by atoms with Gasteiger partial charge in [-0.05, 0) is 13.0 Å². The Balaban J connectivity index is 2.95. The van der Waals surface area contributed by atoms with Crippen LogP contribution in [0.15, 0.2) is 18.2 Å². The Morgan fingerprint density at radius 1 is 1.59 bits per heavy atom. The van der Waals surface area contributed by atoms with Crippen LogP contribution >= 0.6 is 15.9 Å². The van der Waals surface area contributed by atoms with E-state index in [1.165, 1.54) is 12.1 Å². The van der Waals surface area contributed by atoms with Crippen LogP contribution in [0.3, 0.4) is 0 Å². The lowest BCUT2D eigenvalue weighted by atomic mass is 10.1. The molecule has 1 rings (SSSR count). The largest absolute Gasteiger partial charge is 0.351 e. The van der Waals surface area contributed by atoms with Crippen LogP contribution in [0.25, 0.3) is 0 Å². The first kappa shape index (κ1) is 13.6. The number of rotatable bonds is 4. The second-order valence-electron chi connectivity index (χ2n) is 3.70. The second-order valence-corrected chi connectivity index (χ2v) is 5.26. The first-order valence-electron chi connectivity index (χ1n) is 5.09. The normalized spacial score (nSPS) is 11.9. The van der Waals surface area contributed by atoms with Gasteiger partial charge < -0.3 is 5.32 Å². The van der Waals surface area contributed by atoms with Crippen molar-refractivity contribution >= 4 is 27.5 Å². The number of carbonyl (C=O) groups excluding carboxylic acids is 1. The number of nitro benzene ring substituents is 1. The zero-order chi connectivity index (χ0) is 13.0. The molecule has 6 heteroatoms. The molecule has 1 atom stereocenters. The molecule has 0 saturated heterocycles. The molecular formula is C11H13BrN2O3. The van der Waals surface area contributed by atoms with Gasteiger partial charge in [0.05, 0.1) is 4.92 Å². The summed E-state index contributed by atoms with van der Waals surface area (Å²) in [5, 5.41) is 13.4. The molecule has 0 radical (unpaired) electrons. The number of nitrogens with one attached hydrogen (secondary N) is 1. The first-order chi connectivity index (χ1) is 7.93. The van der Waals surface area contributed by atoms with Crippen LogP contribution in [-0.2, 0) is 0 Å². The molecule has 17 heavy (non-hydrogen) atoms. The van der Waals surface area contributed by atoms with Crippen LogP contribution in [0.4, 0.5) is 5.69 Å². The number of benzene rings is 1. The van der Waals surface area contributed by atoms with Crippen LogP contribution in [0.5, 0.6) is 0 Å². The van der Waals surface area contributed by atoms with Crippen molar-refractivity contribution in [2.75, 3.05) is 6.54 Å². The molecule has 0 saturated carbocycles. The summed E-state index contributed by atoms with van der Waals surface area (Å²) in [6.07, 6.45) is 0. The molecule has 1 aromatic carbocycles. The van der Waals surface area contributed by atoms with E-state index in [1.54, 1.807) is 13.0 Å². The van der Waals surface area contributed by atoms with E-state index in [-0.39, 0.29) is 16.4 Å². The zero-order valence-corrected chi connectivity index (χ0v) is 11.2. The Kier molecular flexibility index (Phi) is 4.62. The highest BCUT2D eigenvalue weighted by molar-refractivity contribution is 9.09. The van der Waals surface area contributed by atoms with Gasteiger partial charge in [-0.1, -0.05) is 28.9 Å². The van der Waals surface area contributed by atoms with Gasteiger partial charge in [-0.2, -0.15) is 0 Å². The molecule has 1 unspecified atom stereocenters. The van der Waals surface area contributed by atoms with Crippen molar-refractivity contribution in [2.24, 2.45) is 0 Å². The number of nitrogens with zero attached hydrogens (tertiary/aromatic N) is 1. The molecule has 0 bridgehead atoms. The molecule has 1 N–H and O–H groups in total. The van der Waals surface area contributed by atoms with Crippen molar-refractivity contribution in [3.05, 3.63) is 39.4 Å². The number of carbonyl (C=O) groups is 1. The summed E-state index contributed by atoms with van der Waals surface area (Å²) < 4.78 is 0. The Bertz CT molecular complexity index is 446. The van der Waals surface area contributed by atoms with Gasteiger partial charge in [0.15, 0.2) is 0 Å². The van der Waals surface area contributed by atoms with Crippen LogP contribution in [-0.4, -0.2) is 22.2 Å². The summed E-state index contributed by atoms with van der Waals surface area (Å²) in [5.74, 6) is -0.294. The van der Waals surface area contributed by atoms with Crippen molar-refractivity contribution in [2.45, 2.75) is 18.7 Å². The number of amides is 1. The maximum atomic E-state index is 11.8. The van der Waals surface area contributed by atoms with E-state index in [0.717, 1.165) is 0 Å². The number of nitro groups is 1. The van der Waals surface area contributed by atoms with E-state index < -0.39 is 4.92 Å². The van der Waals surface area contributed by atoms with E-state index in [9.17, 15) is 14.9 Å². The summed E-state index contributed by atoms with van der Waals surface area (Å²) in [4.78, 5) is 22.2. The first-order valence-corrected chi connectivity index (χ1v) is 6.01. The molecule has 0 aliphatic carbocycles. The lowest BCUT2D eigenvalue weighted by molar-refractivity contribution is -0.385. The highest BCUT2D eigenvalue weighted by Gasteiger charge is 2.17. The third-order valence-electron chi connectivity index (χ3n) is 2.29. The minimum atomic E-state index is -0.487. The maximum Gasteiger partial charge on any atom is 0.273 e. The topological polar surface area (TPSA) is 72.2 Å². The predicted octanol–water partition coefficient (Wildman–Crippen LogP) is 2.42. The number of halogens is 1. The van der Waals surface area contributed by atoms with Gasteiger partial charge in [0, 0.05) is 28.6 Å². The van der Waals surface area contributed by atoms with Gasteiger partial charge in [-0.15, -0.1) is 0 Å². The minimum absolute atomic E-state index is 0.0375. The molecule has 0 heterocycles. The van der Waals surface area contributed by atoms with E-state index in [2.05, 4.69) is 21.2 Å². The standard InChI is InChI=1S/C11H13BrN2O3/c1-7(12)6-13-11(15)9-4-3-5-10(8(9)2)14(16)17/h3-5,7H,6H2,1-2H3,(H,13,15). The quantitative estimate of drug-likeness (QED) is 0.527. The summed E-state index contributed by atoms with van der Waals surface area (Å²) in [6.45, 7) is 3.95. The fraction of sp³-hybridized carbons (Fsp3) is 0.364.